The topological polar surface area (TPSA) is 9.23 Å². The maximum absolute atomic E-state index is 6.54. The summed E-state index contributed by atoms with van der Waals surface area (Å²) in [5.74, 6) is 1.84. The fourth-order valence-corrected chi connectivity index (χ4v) is 3.32. The minimum Gasteiger partial charge on any atom is -0.491 e. The van der Waals surface area contributed by atoms with Crippen LogP contribution in [0.3, 0.4) is 0 Å². The van der Waals surface area contributed by atoms with Crippen LogP contribution in [0.15, 0.2) is 24.3 Å². The molecule has 0 N–H and O–H groups in total. The Morgan fingerprint density at radius 1 is 1.10 bits per heavy atom. The minimum atomic E-state index is 0.144. The summed E-state index contributed by atoms with van der Waals surface area (Å²) >= 11 is 6.54. The van der Waals surface area contributed by atoms with Gasteiger partial charge >= 0.3 is 0 Å². The first kappa shape index (κ1) is 15.7. The van der Waals surface area contributed by atoms with E-state index in [4.69, 9.17) is 16.3 Å². The zero-order chi connectivity index (χ0) is 14.4. The molecule has 2 heteroatoms. The van der Waals surface area contributed by atoms with Gasteiger partial charge in [0.25, 0.3) is 0 Å². The molecule has 1 aliphatic carbocycles. The van der Waals surface area contributed by atoms with Crippen molar-refractivity contribution in [2.45, 2.75) is 70.3 Å². The van der Waals surface area contributed by atoms with Gasteiger partial charge in [-0.3, -0.25) is 0 Å². The van der Waals surface area contributed by atoms with Crippen molar-refractivity contribution >= 4 is 11.6 Å². The number of benzene rings is 1. The molecule has 1 fully saturated rings. The molecule has 1 nitrogen and oxygen atoms in total. The van der Waals surface area contributed by atoms with Crippen LogP contribution in [0.25, 0.3) is 0 Å². The van der Waals surface area contributed by atoms with E-state index in [1.54, 1.807) is 0 Å². The minimum absolute atomic E-state index is 0.144. The van der Waals surface area contributed by atoms with Crippen molar-refractivity contribution in [2.24, 2.45) is 5.92 Å². The molecule has 0 amide bonds. The lowest BCUT2D eigenvalue weighted by Crippen LogP contribution is -2.07. The number of alkyl halides is 1. The Kier molecular flexibility index (Phi) is 6.22. The van der Waals surface area contributed by atoms with Crippen molar-refractivity contribution in [1.82, 2.24) is 0 Å². The van der Waals surface area contributed by atoms with Gasteiger partial charge < -0.3 is 4.74 Å². The predicted molar refractivity (Wildman–Crippen MR) is 86.6 cm³/mol. The average Bonchev–Trinajstić information content (AvgIpc) is 2.46. The van der Waals surface area contributed by atoms with E-state index in [2.05, 4.69) is 12.1 Å². The summed E-state index contributed by atoms with van der Waals surface area (Å²) in [6.07, 6.45) is 9.67. The van der Waals surface area contributed by atoms with E-state index in [0.29, 0.717) is 0 Å². The van der Waals surface area contributed by atoms with Crippen LogP contribution >= 0.6 is 11.6 Å². The highest BCUT2D eigenvalue weighted by atomic mass is 35.5. The summed E-state index contributed by atoms with van der Waals surface area (Å²) in [5.41, 5.74) is 1.22. The lowest BCUT2D eigenvalue weighted by molar-refractivity contribution is 0.242. The predicted octanol–water partition coefficient (Wildman–Crippen LogP) is 6.11. The SMILES string of the molecule is CC(C)Oc1ccc(C(Cl)CCC2CCCCC2)cc1. The van der Waals surface area contributed by atoms with Crippen LogP contribution in [-0.2, 0) is 0 Å². The van der Waals surface area contributed by atoms with Gasteiger partial charge in [0.2, 0.25) is 0 Å². The van der Waals surface area contributed by atoms with Crippen molar-refractivity contribution in [3.8, 4) is 5.75 Å². The fraction of sp³-hybridized carbons (Fsp3) is 0.667. The molecule has 1 saturated carbocycles. The Morgan fingerprint density at radius 3 is 2.35 bits per heavy atom. The maximum atomic E-state index is 6.54. The molecule has 20 heavy (non-hydrogen) atoms. The smallest absolute Gasteiger partial charge is 0.119 e. The third-order valence-electron chi connectivity index (χ3n) is 4.17. The molecule has 0 radical (unpaired) electrons. The van der Waals surface area contributed by atoms with Crippen LogP contribution in [0.1, 0.15) is 69.7 Å². The Labute approximate surface area is 128 Å². The molecule has 0 bridgehead atoms. The molecule has 112 valence electrons. The van der Waals surface area contributed by atoms with Gasteiger partial charge in [0.15, 0.2) is 0 Å². The van der Waals surface area contributed by atoms with Gasteiger partial charge in [-0.2, -0.15) is 0 Å². The molecule has 0 heterocycles. The molecule has 0 aromatic heterocycles. The number of hydrogen-bond acceptors (Lipinski definition) is 1. The summed E-state index contributed by atoms with van der Waals surface area (Å²) in [4.78, 5) is 0. The van der Waals surface area contributed by atoms with Gasteiger partial charge in [-0.25, -0.2) is 0 Å². The van der Waals surface area contributed by atoms with E-state index >= 15 is 0 Å². The first-order chi connectivity index (χ1) is 9.65. The average molecular weight is 295 g/mol. The van der Waals surface area contributed by atoms with E-state index in [-0.39, 0.29) is 11.5 Å². The van der Waals surface area contributed by atoms with Crippen LogP contribution < -0.4 is 4.74 Å². The zero-order valence-corrected chi connectivity index (χ0v) is 13.5. The van der Waals surface area contributed by atoms with Crippen LogP contribution in [0.4, 0.5) is 0 Å². The third kappa shape index (κ3) is 5.01. The summed E-state index contributed by atoms with van der Waals surface area (Å²) in [5, 5.41) is 0.144. The van der Waals surface area contributed by atoms with E-state index in [1.807, 2.05) is 26.0 Å². The Bertz CT molecular complexity index is 379. The van der Waals surface area contributed by atoms with Crippen molar-refractivity contribution in [3.05, 3.63) is 29.8 Å². The molecule has 1 atom stereocenters. The Morgan fingerprint density at radius 2 is 1.75 bits per heavy atom. The van der Waals surface area contributed by atoms with Gasteiger partial charge in [0.05, 0.1) is 11.5 Å². The molecule has 0 spiro atoms. The molecule has 0 aliphatic heterocycles. The largest absolute Gasteiger partial charge is 0.491 e. The van der Waals surface area contributed by atoms with Gasteiger partial charge in [-0.05, 0) is 50.3 Å². The monoisotopic (exact) mass is 294 g/mol. The molecule has 1 unspecified atom stereocenters. The van der Waals surface area contributed by atoms with Crippen LogP contribution in [-0.4, -0.2) is 6.10 Å². The Hall–Kier alpha value is -0.690. The van der Waals surface area contributed by atoms with Crippen molar-refractivity contribution in [1.29, 1.82) is 0 Å². The standard InChI is InChI=1S/C18H27ClO/c1-14(2)20-17-11-9-16(10-12-17)18(19)13-8-15-6-4-3-5-7-15/h9-12,14-15,18H,3-8,13H2,1-2H3. The van der Waals surface area contributed by atoms with E-state index < -0.39 is 0 Å². The van der Waals surface area contributed by atoms with Crippen LogP contribution in [0.5, 0.6) is 5.75 Å². The normalized spacial score (nSPS) is 18.2. The van der Waals surface area contributed by atoms with E-state index in [1.165, 1.54) is 44.1 Å². The zero-order valence-electron chi connectivity index (χ0n) is 12.8. The van der Waals surface area contributed by atoms with E-state index in [0.717, 1.165) is 18.1 Å². The summed E-state index contributed by atoms with van der Waals surface area (Å²) in [6.45, 7) is 4.09. The summed E-state index contributed by atoms with van der Waals surface area (Å²) < 4.78 is 5.66. The number of hydrogen-bond donors (Lipinski definition) is 0. The van der Waals surface area contributed by atoms with Crippen LogP contribution in [0.2, 0.25) is 0 Å². The second-order valence-corrected chi connectivity index (χ2v) is 6.81. The van der Waals surface area contributed by atoms with Gasteiger partial charge in [0.1, 0.15) is 5.75 Å². The van der Waals surface area contributed by atoms with Crippen LogP contribution in [0, 0.1) is 5.92 Å². The molecular weight excluding hydrogens is 268 g/mol. The lowest BCUT2D eigenvalue weighted by Gasteiger charge is -2.22. The van der Waals surface area contributed by atoms with Crippen molar-refractivity contribution in [3.63, 3.8) is 0 Å². The van der Waals surface area contributed by atoms with Gasteiger partial charge in [-0.15, -0.1) is 11.6 Å². The highest BCUT2D eigenvalue weighted by molar-refractivity contribution is 6.20. The third-order valence-corrected chi connectivity index (χ3v) is 4.64. The number of halogens is 1. The highest BCUT2D eigenvalue weighted by Crippen LogP contribution is 2.33. The maximum Gasteiger partial charge on any atom is 0.119 e. The Balaban J connectivity index is 1.80. The fourth-order valence-electron chi connectivity index (χ4n) is 3.05. The number of ether oxygens (including phenoxy) is 1. The van der Waals surface area contributed by atoms with Gasteiger partial charge in [0, 0.05) is 0 Å². The molecule has 0 saturated heterocycles. The summed E-state index contributed by atoms with van der Waals surface area (Å²) in [6, 6.07) is 8.28. The second kappa shape index (κ2) is 7.93. The molecule has 2 rings (SSSR count). The highest BCUT2D eigenvalue weighted by Gasteiger charge is 2.16. The first-order valence-corrected chi connectivity index (χ1v) is 8.49. The second-order valence-electron chi connectivity index (χ2n) is 6.28. The lowest BCUT2D eigenvalue weighted by atomic mass is 9.85. The van der Waals surface area contributed by atoms with Crippen molar-refractivity contribution < 1.29 is 4.74 Å². The molecule has 1 aromatic rings. The van der Waals surface area contributed by atoms with Crippen molar-refractivity contribution in [2.75, 3.05) is 0 Å². The quantitative estimate of drug-likeness (QED) is 0.575. The van der Waals surface area contributed by atoms with Gasteiger partial charge in [-0.1, -0.05) is 44.2 Å². The molecule has 1 aliphatic rings. The van der Waals surface area contributed by atoms with E-state index in [9.17, 15) is 0 Å². The molecule has 1 aromatic carbocycles. The number of rotatable bonds is 6. The first-order valence-electron chi connectivity index (χ1n) is 8.06. The molecular formula is C18H27ClO. The summed E-state index contributed by atoms with van der Waals surface area (Å²) in [7, 11) is 0.